The van der Waals surface area contributed by atoms with E-state index >= 15 is 0 Å². The van der Waals surface area contributed by atoms with Crippen molar-refractivity contribution in [1.29, 1.82) is 0 Å². The van der Waals surface area contributed by atoms with E-state index in [1.807, 2.05) is 13.8 Å². The Kier molecular flexibility index (Phi) is 4.27. The number of ether oxygens (including phenoxy) is 1. The molecule has 0 atom stereocenters. The molecule has 2 aromatic rings. The van der Waals surface area contributed by atoms with Crippen LogP contribution < -0.4 is 5.56 Å². The van der Waals surface area contributed by atoms with Crippen molar-refractivity contribution >= 4 is 27.4 Å². The summed E-state index contributed by atoms with van der Waals surface area (Å²) in [6, 6.07) is 1.72. The van der Waals surface area contributed by atoms with Gasteiger partial charge in [0.15, 0.2) is 0 Å². The molecule has 2 rings (SSSR count). The van der Waals surface area contributed by atoms with Gasteiger partial charge in [0.2, 0.25) is 0 Å². The summed E-state index contributed by atoms with van der Waals surface area (Å²) in [6.45, 7) is 5.79. The largest absolute Gasteiger partial charge is 0.465 e. The van der Waals surface area contributed by atoms with Crippen LogP contribution >= 0.6 is 15.9 Å². The minimum atomic E-state index is -0.466. The van der Waals surface area contributed by atoms with E-state index in [0.717, 1.165) is 15.0 Å². The number of nitrogens with zero attached hydrogens (tertiary/aromatic N) is 3. The molecule has 0 bridgehead atoms. The molecule has 0 saturated carbocycles. The summed E-state index contributed by atoms with van der Waals surface area (Å²) in [6.07, 6.45) is 1.80. The molecule has 0 N–H and O–H groups in total. The van der Waals surface area contributed by atoms with Crippen molar-refractivity contribution in [2.75, 3.05) is 6.61 Å². The van der Waals surface area contributed by atoms with Crippen molar-refractivity contribution in [3.05, 3.63) is 32.9 Å². The number of rotatable bonds is 4. The number of esters is 1. The van der Waals surface area contributed by atoms with Gasteiger partial charge in [-0.2, -0.15) is 5.10 Å². The van der Waals surface area contributed by atoms with Crippen LogP contribution in [0.25, 0.3) is 5.52 Å². The molecule has 20 heavy (non-hydrogen) atoms. The van der Waals surface area contributed by atoms with Crippen LogP contribution in [0.3, 0.4) is 0 Å². The average molecular weight is 342 g/mol. The van der Waals surface area contributed by atoms with Gasteiger partial charge in [0.1, 0.15) is 17.9 Å². The number of carbonyl (C=O) groups excluding carboxylic acids is 1. The van der Waals surface area contributed by atoms with Gasteiger partial charge in [-0.25, -0.2) is 4.68 Å². The summed E-state index contributed by atoms with van der Waals surface area (Å²) < 4.78 is 8.57. The lowest BCUT2D eigenvalue weighted by Crippen LogP contribution is -2.30. The maximum atomic E-state index is 12.3. The van der Waals surface area contributed by atoms with E-state index in [1.54, 1.807) is 23.6 Å². The molecule has 0 amide bonds. The number of aromatic nitrogens is 3. The van der Waals surface area contributed by atoms with Crippen molar-refractivity contribution < 1.29 is 9.53 Å². The monoisotopic (exact) mass is 341 g/mol. The third kappa shape index (κ3) is 2.77. The van der Waals surface area contributed by atoms with Gasteiger partial charge in [0.25, 0.3) is 5.56 Å². The zero-order chi connectivity index (χ0) is 14.9. The van der Waals surface area contributed by atoms with E-state index in [-0.39, 0.29) is 24.6 Å². The summed E-state index contributed by atoms with van der Waals surface area (Å²) in [4.78, 5) is 23.9. The van der Waals surface area contributed by atoms with Gasteiger partial charge in [-0.1, -0.05) is 13.8 Å². The smallest absolute Gasteiger partial charge is 0.327 e. The van der Waals surface area contributed by atoms with Crippen LogP contribution in [0.5, 0.6) is 0 Å². The van der Waals surface area contributed by atoms with E-state index in [1.165, 1.54) is 0 Å². The van der Waals surface area contributed by atoms with Gasteiger partial charge in [-0.05, 0) is 28.9 Å². The Balaban J connectivity index is 2.58. The molecule has 6 nitrogen and oxygen atoms in total. The number of carbonyl (C=O) groups is 1. The van der Waals surface area contributed by atoms with Crippen molar-refractivity contribution in [2.24, 2.45) is 0 Å². The lowest BCUT2D eigenvalue weighted by molar-refractivity contribution is -0.144. The molecule has 0 unspecified atom stereocenters. The molecule has 7 heteroatoms. The first kappa shape index (κ1) is 14.8. The highest BCUT2D eigenvalue weighted by Crippen LogP contribution is 2.18. The van der Waals surface area contributed by atoms with Gasteiger partial charge >= 0.3 is 5.97 Å². The first-order valence-corrected chi connectivity index (χ1v) is 7.17. The topological polar surface area (TPSA) is 65.6 Å². The Bertz CT molecular complexity index is 703. The maximum Gasteiger partial charge on any atom is 0.327 e. The average Bonchev–Trinajstić information content (AvgIpc) is 2.74. The molecule has 2 aromatic heterocycles. The highest BCUT2D eigenvalue weighted by Gasteiger charge is 2.16. The lowest BCUT2D eigenvalue weighted by atomic mass is 10.2. The molecule has 0 saturated heterocycles. The maximum absolute atomic E-state index is 12.3. The molecule has 0 aromatic carbocycles. The summed E-state index contributed by atoms with van der Waals surface area (Å²) in [7, 11) is 0. The molecule has 0 aliphatic carbocycles. The summed E-state index contributed by atoms with van der Waals surface area (Å²) in [5.74, 6) is 0.368. The quantitative estimate of drug-likeness (QED) is 0.797. The predicted octanol–water partition coefficient (Wildman–Crippen LogP) is 1.94. The zero-order valence-corrected chi connectivity index (χ0v) is 13.2. The van der Waals surface area contributed by atoms with Gasteiger partial charge < -0.3 is 4.74 Å². The standard InChI is InChI=1S/C13H16BrN3O3/c1-4-20-11(18)7-17-13(19)10-5-9(14)6-16(10)12(15-17)8(2)3/h5-6,8H,4,7H2,1-3H3. The van der Waals surface area contributed by atoms with Crippen LogP contribution in [0, 0.1) is 0 Å². The van der Waals surface area contributed by atoms with Crippen LogP contribution in [0.2, 0.25) is 0 Å². The van der Waals surface area contributed by atoms with Crippen LogP contribution in [0.1, 0.15) is 32.5 Å². The zero-order valence-electron chi connectivity index (χ0n) is 11.6. The predicted molar refractivity (Wildman–Crippen MR) is 77.9 cm³/mol. The molecule has 108 valence electrons. The van der Waals surface area contributed by atoms with E-state index in [4.69, 9.17) is 4.74 Å². The normalized spacial score (nSPS) is 11.2. The molecule has 0 fully saturated rings. The van der Waals surface area contributed by atoms with Crippen molar-refractivity contribution in [2.45, 2.75) is 33.2 Å². The summed E-state index contributed by atoms with van der Waals surface area (Å²) in [5.41, 5.74) is 0.174. The molecule has 0 radical (unpaired) electrons. The third-order valence-corrected chi connectivity index (χ3v) is 3.24. The Labute approximate surface area is 124 Å². The second-order valence-corrected chi connectivity index (χ2v) is 5.61. The van der Waals surface area contributed by atoms with E-state index in [0.29, 0.717) is 5.52 Å². The Morgan fingerprint density at radius 2 is 2.20 bits per heavy atom. The fourth-order valence-corrected chi connectivity index (χ4v) is 2.39. The number of hydrogen-bond acceptors (Lipinski definition) is 4. The second-order valence-electron chi connectivity index (χ2n) is 4.69. The fourth-order valence-electron chi connectivity index (χ4n) is 1.96. The fraction of sp³-hybridized carbons (Fsp3) is 0.462. The van der Waals surface area contributed by atoms with Crippen LogP contribution in [-0.4, -0.2) is 26.8 Å². The first-order chi connectivity index (χ1) is 9.43. The van der Waals surface area contributed by atoms with Crippen molar-refractivity contribution in [3.63, 3.8) is 0 Å². The Morgan fingerprint density at radius 3 is 2.80 bits per heavy atom. The van der Waals surface area contributed by atoms with Gasteiger partial charge in [-0.15, -0.1) is 0 Å². The highest BCUT2D eigenvalue weighted by molar-refractivity contribution is 9.10. The van der Waals surface area contributed by atoms with E-state index < -0.39 is 5.97 Å². The molecular weight excluding hydrogens is 326 g/mol. The molecule has 0 spiro atoms. The lowest BCUT2D eigenvalue weighted by Gasteiger charge is -2.12. The molecular formula is C13H16BrN3O3. The van der Waals surface area contributed by atoms with E-state index in [2.05, 4.69) is 21.0 Å². The molecule has 0 aliphatic rings. The minimum Gasteiger partial charge on any atom is -0.465 e. The Morgan fingerprint density at radius 1 is 1.50 bits per heavy atom. The number of fused-ring (bicyclic) bond motifs is 1. The Hall–Kier alpha value is -1.63. The number of hydrogen-bond donors (Lipinski definition) is 0. The SMILES string of the molecule is CCOC(=O)Cn1nc(C(C)C)n2cc(Br)cc2c1=O. The van der Waals surface area contributed by atoms with Gasteiger partial charge in [0.05, 0.1) is 6.61 Å². The van der Waals surface area contributed by atoms with Crippen molar-refractivity contribution in [1.82, 2.24) is 14.2 Å². The third-order valence-electron chi connectivity index (χ3n) is 2.81. The van der Waals surface area contributed by atoms with Gasteiger partial charge in [0, 0.05) is 16.6 Å². The van der Waals surface area contributed by atoms with Crippen LogP contribution in [-0.2, 0) is 16.1 Å². The number of halogens is 1. The first-order valence-electron chi connectivity index (χ1n) is 6.38. The highest BCUT2D eigenvalue weighted by atomic mass is 79.9. The second kappa shape index (κ2) is 5.78. The minimum absolute atomic E-state index is 0.117. The molecule has 0 aliphatic heterocycles. The van der Waals surface area contributed by atoms with Crippen LogP contribution in [0.4, 0.5) is 0 Å². The van der Waals surface area contributed by atoms with Gasteiger partial charge in [-0.3, -0.25) is 14.0 Å². The summed E-state index contributed by atoms with van der Waals surface area (Å²) in [5, 5.41) is 4.28. The summed E-state index contributed by atoms with van der Waals surface area (Å²) >= 11 is 3.35. The van der Waals surface area contributed by atoms with Crippen molar-refractivity contribution in [3.8, 4) is 0 Å². The molecule has 2 heterocycles. The van der Waals surface area contributed by atoms with E-state index in [9.17, 15) is 9.59 Å². The van der Waals surface area contributed by atoms with Crippen LogP contribution in [0.15, 0.2) is 21.5 Å².